The van der Waals surface area contributed by atoms with Gasteiger partial charge >= 0.3 is 12.1 Å². The second-order valence-corrected chi connectivity index (χ2v) is 5.16. The third-order valence-corrected chi connectivity index (χ3v) is 3.28. The Balaban J connectivity index is 2.13. The van der Waals surface area contributed by atoms with Gasteiger partial charge in [0.1, 0.15) is 0 Å². The molecule has 1 N–H and O–H groups in total. The van der Waals surface area contributed by atoms with Crippen molar-refractivity contribution in [1.82, 2.24) is 15.5 Å². The molecule has 0 spiro atoms. The van der Waals surface area contributed by atoms with E-state index >= 15 is 0 Å². The molecule has 0 unspecified atom stereocenters. The molecule has 1 aromatic heterocycles. The molecule has 124 valence electrons. The van der Waals surface area contributed by atoms with Crippen molar-refractivity contribution < 1.29 is 22.5 Å². The van der Waals surface area contributed by atoms with Crippen LogP contribution in [0, 0.1) is 0 Å². The third-order valence-electron chi connectivity index (χ3n) is 2.93. The molecule has 5 nitrogen and oxygen atoms in total. The Morgan fingerprint density at radius 3 is 2.70 bits per heavy atom. The molecular formula is C14H13ClF3N3O2. The number of amides is 1. The lowest BCUT2D eigenvalue weighted by atomic mass is 10.1. The summed E-state index contributed by atoms with van der Waals surface area (Å²) in [4.78, 5) is 14.7. The fourth-order valence-electron chi connectivity index (χ4n) is 1.79. The van der Waals surface area contributed by atoms with E-state index in [9.17, 15) is 18.0 Å². The summed E-state index contributed by atoms with van der Waals surface area (Å²) < 4.78 is 41.5. The highest BCUT2D eigenvalue weighted by Crippen LogP contribution is 2.30. The SMILES string of the molecule is CCCC(=O)NCc1ccc(-c2noc(C(F)(F)F)n2)cc1Cl. The summed E-state index contributed by atoms with van der Waals surface area (Å²) in [5.41, 5.74) is 0.928. The van der Waals surface area contributed by atoms with Gasteiger partial charge < -0.3 is 9.84 Å². The van der Waals surface area contributed by atoms with Gasteiger partial charge in [-0.3, -0.25) is 4.79 Å². The molecule has 2 aromatic rings. The minimum Gasteiger partial charge on any atom is -0.352 e. The molecule has 0 fully saturated rings. The summed E-state index contributed by atoms with van der Waals surface area (Å²) in [5, 5.41) is 6.28. The molecule has 1 amide bonds. The lowest BCUT2D eigenvalue weighted by molar-refractivity contribution is -0.159. The Morgan fingerprint density at radius 1 is 1.39 bits per heavy atom. The second-order valence-electron chi connectivity index (χ2n) is 4.75. The van der Waals surface area contributed by atoms with E-state index in [-0.39, 0.29) is 28.9 Å². The standard InChI is InChI=1S/C14H13ClF3N3O2/c1-2-3-11(22)19-7-9-5-4-8(6-10(9)15)12-20-13(23-21-12)14(16,17)18/h4-6H,2-3,7H2,1H3,(H,19,22). The molecule has 0 saturated carbocycles. The Labute approximate surface area is 134 Å². The Morgan fingerprint density at radius 2 is 2.13 bits per heavy atom. The van der Waals surface area contributed by atoms with E-state index in [1.54, 1.807) is 6.07 Å². The molecule has 0 aliphatic carbocycles. The van der Waals surface area contributed by atoms with E-state index in [2.05, 4.69) is 20.0 Å². The zero-order valence-corrected chi connectivity index (χ0v) is 12.8. The van der Waals surface area contributed by atoms with E-state index in [1.807, 2.05) is 6.92 Å². The Bertz CT molecular complexity index is 701. The smallest absolute Gasteiger partial charge is 0.352 e. The zero-order valence-electron chi connectivity index (χ0n) is 12.1. The van der Waals surface area contributed by atoms with E-state index in [0.717, 1.165) is 6.42 Å². The number of nitrogens with one attached hydrogen (secondary N) is 1. The summed E-state index contributed by atoms with van der Waals surface area (Å²) in [6.45, 7) is 2.12. The van der Waals surface area contributed by atoms with Crippen molar-refractivity contribution in [3.05, 3.63) is 34.7 Å². The largest absolute Gasteiger partial charge is 0.471 e. The number of carbonyl (C=O) groups is 1. The first-order valence-corrected chi connectivity index (χ1v) is 7.15. The van der Waals surface area contributed by atoms with Crippen LogP contribution in [0.15, 0.2) is 22.7 Å². The van der Waals surface area contributed by atoms with Crippen LogP contribution in [0.4, 0.5) is 13.2 Å². The number of carbonyl (C=O) groups excluding carboxylic acids is 1. The van der Waals surface area contributed by atoms with Gasteiger partial charge in [-0.25, -0.2) is 0 Å². The van der Waals surface area contributed by atoms with Gasteiger partial charge in [-0.2, -0.15) is 18.2 Å². The molecule has 0 radical (unpaired) electrons. The first kappa shape index (κ1) is 17.3. The molecule has 23 heavy (non-hydrogen) atoms. The molecule has 0 saturated heterocycles. The first-order chi connectivity index (χ1) is 10.8. The summed E-state index contributed by atoms with van der Waals surface area (Å²) >= 11 is 6.08. The maximum absolute atomic E-state index is 12.4. The average molecular weight is 348 g/mol. The van der Waals surface area contributed by atoms with Crippen molar-refractivity contribution in [2.24, 2.45) is 0 Å². The summed E-state index contributed by atoms with van der Waals surface area (Å²) in [6.07, 6.45) is -3.55. The summed E-state index contributed by atoms with van der Waals surface area (Å²) in [6, 6.07) is 4.53. The second kappa shape index (κ2) is 6.99. The van der Waals surface area contributed by atoms with Gasteiger partial charge in [-0.1, -0.05) is 35.8 Å². The topological polar surface area (TPSA) is 68.0 Å². The maximum Gasteiger partial charge on any atom is 0.471 e. The average Bonchev–Trinajstić information content (AvgIpc) is 2.96. The highest BCUT2D eigenvalue weighted by Gasteiger charge is 2.38. The fourth-order valence-corrected chi connectivity index (χ4v) is 2.04. The van der Waals surface area contributed by atoms with Crippen molar-refractivity contribution >= 4 is 17.5 Å². The van der Waals surface area contributed by atoms with Gasteiger partial charge in [0.2, 0.25) is 11.7 Å². The molecule has 0 aliphatic heterocycles. The van der Waals surface area contributed by atoms with Crippen LogP contribution >= 0.6 is 11.6 Å². The molecular weight excluding hydrogens is 335 g/mol. The van der Waals surface area contributed by atoms with Crippen LogP contribution in [0.1, 0.15) is 31.2 Å². The molecule has 1 heterocycles. The summed E-state index contributed by atoms with van der Waals surface area (Å²) in [7, 11) is 0. The lowest BCUT2D eigenvalue weighted by Crippen LogP contribution is -2.22. The number of hydrogen-bond donors (Lipinski definition) is 1. The molecule has 2 rings (SSSR count). The number of halogens is 4. The van der Waals surface area contributed by atoms with Crippen molar-refractivity contribution in [2.45, 2.75) is 32.5 Å². The van der Waals surface area contributed by atoms with Gasteiger partial charge in [-0.05, 0) is 18.1 Å². The van der Waals surface area contributed by atoms with Gasteiger partial charge in [0.25, 0.3) is 0 Å². The zero-order chi connectivity index (χ0) is 17.0. The van der Waals surface area contributed by atoms with Crippen LogP contribution in [-0.2, 0) is 17.5 Å². The number of alkyl halides is 3. The monoisotopic (exact) mass is 347 g/mol. The van der Waals surface area contributed by atoms with E-state index < -0.39 is 12.1 Å². The highest BCUT2D eigenvalue weighted by molar-refractivity contribution is 6.31. The number of rotatable bonds is 5. The number of hydrogen-bond acceptors (Lipinski definition) is 4. The van der Waals surface area contributed by atoms with Crippen LogP contribution < -0.4 is 5.32 Å². The van der Waals surface area contributed by atoms with Crippen LogP contribution in [0.25, 0.3) is 11.4 Å². The van der Waals surface area contributed by atoms with Gasteiger partial charge in [0.15, 0.2) is 0 Å². The maximum atomic E-state index is 12.4. The highest BCUT2D eigenvalue weighted by atomic mass is 35.5. The normalized spacial score (nSPS) is 11.5. The molecule has 0 aliphatic rings. The lowest BCUT2D eigenvalue weighted by Gasteiger charge is -2.07. The predicted molar refractivity (Wildman–Crippen MR) is 76.5 cm³/mol. The number of aromatic nitrogens is 2. The fraction of sp³-hybridized carbons (Fsp3) is 0.357. The van der Waals surface area contributed by atoms with Crippen molar-refractivity contribution in [3.8, 4) is 11.4 Å². The van der Waals surface area contributed by atoms with Gasteiger partial charge in [0, 0.05) is 23.6 Å². The van der Waals surface area contributed by atoms with E-state index in [1.165, 1.54) is 12.1 Å². The minimum absolute atomic E-state index is 0.0966. The Kier molecular flexibility index (Phi) is 5.25. The number of nitrogens with zero attached hydrogens (tertiary/aromatic N) is 2. The van der Waals surface area contributed by atoms with Gasteiger partial charge in [-0.15, -0.1) is 0 Å². The third kappa shape index (κ3) is 4.44. The van der Waals surface area contributed by atoms with E-state index in [4.69, 9.17) is 11.6 Å². The van der Waals surface area contributed by atoms with Crippen LogP contribution in [0.2, 0.25) is 5.02 Å². The van der Waals surface area contributed by atoms with Crippen LogP contribution in [0.5, 0.6) is 0 Å². The predicted octanol–water partition coefficient (Wildman–Crippen LogP) is 3.83. The minimum atomic E-state index is -4.70. The van der Waals surface area contributed by atoms with Crippen molar-refractivity contribution in [2.75, 3.05) is 0 Å². The van der Waals surface area contributed by atoms with Gasteiger partial charge in [0.05, 0.1) is 0 Å². The van der Waals surface area contributed by atoms with Crippen molar-refractivity contribution in [3.63, 3.8) is 0 Å². The Hall–Kier alpha value is -2.09. The van der Waals surface area contributed by atoms with Crippen LogP contribution in [-0.4, -0.2) is 16.0 Å². The van der Waals surface area contributed by atoms with Crippen molar-refractivity contribution in [1.29, 1.82) is 0 Å². The quantitative estimate of drug-likeness (QED) is 0.892. The molecule has 0 atom stereocenters. The first-order valence-electron chi connectivity index (χ1n) is 6.77. The molecule has 0 bridgehead atoms. The summed E-state index contributed by atoms with van der Waals surface area (Å²) in [5.74, 6) is -1.72. The van der Waals surface area contributed by atoms with E-state index in [0.29, 0.717) is 12.0 Å². The molecule has 9 heteroatoms. The molecule has 1 aromatic carbocycles. The van der Waals surface area contributed by atoms with Crippen LogP contribution in [0.3, 0.4) is 0 Å². The number of benzene rings is 1.